The maximum atomic E-state index is 12.4. The van der Waals surface area contributed by atoms with Gasteiger partial charge in [0.05, 0.1) is 10.5 Å². The summed E-state index contributed by atoms with van der Waals surface area (Å²) in [5.41, 5.74) is 10.2. The monoisotopic (exact) mass is 422 g/mol. The van der Waals surface area contributed by atoms with Crippen LogP contribution in [0.3, 0.4) is 0 Å². The molecular weight excluding hydrogens is 404 g/mol. The lowest BCUT2D eigenvalue weighted by Crippen LogP contribution is -2.24. The third-order valence-electron chi connectivity index (χ3n) is 4.74. The van der Waals surface area contributed by atoms with Gasteiger partial charge in [0, 0.05) is 30.2 Å². The van der Waals surface area contributed by atoms with Crippen LogP contribution in [-0.2, 0) is 13.0 Å². The molecule has 3 heterocycles. The van der Waals surface area contributed by atoms with Gasteiger partial charge in [0.15, 0.2) is 5.82 Å². The van der Waals surface area contributed by atoms with E-state index in [0.29, 0.717) is 29.6 Å². The average molecular weight is 423 g/mol. The zero-order chi connectivity index (χ0) is 21.3. The summed E-state index contributed by atoms with van der Waals surface area (Å²) in [4.78, 5) is 25.1. The number of pyridine rings is 2. The number of nitrogen functional groups attached to an aromatic ring is 1. The fourth-order valence-electron chi connectivity index (χ4n) is 3.26. The number of aryl methyl sites for hydroxylation is 2. The number of rotatable bonds is 5. The molecule has 9 heteroatoms. The number of benzene rings is 1. The van der Waals surface area contributed by atoms with Crippen LogP contribution in [0.2, 0.25) is 5.02 Å². The van der Waals surface area contributed by atoms with Crippen molar-refractivity contribution in [3.63, 3.8) is 0 Å². The summed E-state index contributed by atoms with van der Waals surface area (Å²) < 4.78 is 5.13. The molecule has 152 valence electrons. The van der Waals surface area contributed by atoms with Gasteiger partial charge in [-0.3, -0.25) is 9.78 Å². The minimum absolute atomic E-state index is 0.0887. The molecule has 3 aromatic heterocycles. The molecule has 0 bridgehead atoms. The van der Waals surface area contributed by atoms with E-state index in [-0.39, 0.29) is 5.89 Å². The lowest BCUT2D eigenvalue weighted by Gasteiger charge is -2.10. The van der Waals surface area contributed by atoms with Gasteiger partial charge >= 0.3 is 11.8 Å². The van der Waals surface area contributed by atoms with Gasteiger partial charge in [-0.1, -0.05) is 22.8 Å². The van der Waals surface area contributed by atoms with Crippen molar-refractivity contribution in [3.05, 3.63) is 75.7 Å². The molecule has 0 fully saturated rings. The van der Waals surface area contributed by atoms with Gasteiger partial charge in [-0.2, -0.15) is 4.98 Å². The summed E-state index contributed by atoms with van der Waals surface area (Å²) in [6.45, 7) is 4.06. The highest BCUT2D eigenvalue weighted by Gasteiger charge is 2.16. The predicted octanol–water partition coefficient (Wildman–Crippen LogP) is 3.39. The zero-order valence-electron chi connectivity index (χ0n) is 16.4. The molecule has 1 aromatic carbocycles. The predicted molar refractivity (Wildman–Crippen MR) is 113 cm³/mol. The quantitative estimate of drug-likeness (QED) is 0.505. The normalized spacial score (nSPS) is 11.0. The van der Waals surface area contributed by atoms with E-state index < -0.39 is 5.91 Å². The van der Waals surface area contributed by atoms with Crippen molar-refractivity contribution in [3.8, 4) is 0 Å². The van der Waals surface area contributed by atoms with Crippen molar-refractivity contribution < 1.29 is 9.32 Å². The van der Waals surface area contributed by atoms with Crippen LogP contribution in [0.4, 0.5) is 5.82 Å². The van der Waals surface area contributed by atoms with Crippen molar-refractivity contribution in [2.24, 2.45) is 0 Å². The summed E-state index contributed by atoms with van der Waals surface area (Å²) in [7, 11) is 0. The van der Waals surface area contributed by atoms with E-state index in [4.69, 9.17) is 21.9 Å². The maximum absolute atomic E-state index is 12.4. The standard InChI is InChI=1S/C21H19ClN6O2/c1-11-5-18(23)26-12(2)16(11)10-25-20(29)21-27-19(28-30-21)7-13-3-4-17-14(6-13)8-15(22)9-24-17/h3-6,8-9H,7,10H2,1-2H3,(H2,23,26)(H,25,29). The lowest BCUT2D eigenvalue weighted by molar-refractivity contribution is 0.0907. The Morgan fingerprint density at radius 1 is 1.20 bits per heavy atom. The molecule has 4 rings (SSSR count). The second kappa shape index (κ2) is 8.08. The molecule has 8 nitrogen and oxygen atoms in total. The molecule has 3 N–H and O–H groups in total. The molecule has 0 aliphatic rings. The number of nitrogens with zero attached hydrogens (tertiary/aromatic N) is 4. The minimum atomic E-state index is -0.445. The van der Waals surface area contributed by atoms with Crippen LogP contribution in [0, 0.1) is 13.8 Å². The van der Waals surface area contributed by atoms with Crippen LogP contribution in [0.25, 0.3) is 10.9 Å². The van der Waals surface area contributed by atoms with E-state index >= 15 is 0 Å². The summed E-state index contributed by atoms with van der Waals surface area (Å²) in [6, 6.07) is 9.41. The SMILES string of the molecule is Cc1cc(N)nc(C)c1CNC(=O)c1nc(Cc2ccc3ncc(Cl)cc3c2)no1. The molecule has 0 aliphatic heterocycles. The molecule has 0 radical (unpaired) electrons. The first-order valence-corrected chi connectivity index (χ1v) is 9.64. The van der Waals surface area contributed by atoms with Gasteiger partial charge in [0.2, 0.25) is 0 Å². The Labute approximate surface area is 177 Å². The second-order valence-corrected chi connectivity index (χ2v) is 7.42. The highest BCUT2D eigenvalue weighted by atomic mass is 35.5. The minimum Gasteiger partial charge on any atom is -0.384 e. The maximum Gasteiger partial charge on any atom is 0.315 e. The number of amides is 1. The van der Waals surface area contributed by atoms with Crippen molar-refractivity contribution in [1.29, 1.82) is 0 Å². The molecule has 0 saturated heterocycles. The van der Waals surface area contributed by atoms with Gasteiger partial charge in [-0.05, 0) is 54.8 Å². The van der Waals surface area contributed by atoms with Gasteiger partial charge in [0.1, 0.15) is 5.82 Å². The third kappa shape index (κ3) is 4.23. The van der Waals surface area contributed by atoms with Crippen molar-refractivity contribution >= 4 is 34.2 Å². The Morgan fingerprint density at radius 3 is 2.83 bits per heavy atom. The second-order valence-electron chi connectivity index (χ2n) is 6.98. The Morgan fingerprint density at radius 2 is 2.03 bits per heavy atom. The fraction of sp³-hybridized carbons (Fsp3) is 0.190. The van der Waals surface area contributed by atoms with E-state index in [9.17, 15) is 4.79 Å². The molecule has 4 aromatic rings. The topological polar surface area (TPSA) is 120 Å². The Balaban J connectivity index is 1.44. The van der Waals surface area contributed by atoms with Gasteiger partial charge < -0.3 is 15.6 Å². The van der Waals surface area contributed by atoms with E-state index in [2.05, 4.69) is 25.4 Å². The summed E-state index contributed by atoms with van der Waals surface area (Å²) in [6.07, 6.45) is 2.02. The number of fused-ring (bicyclic) bond motifs is 1. The number of anilines is 1. The van der Waals surface area contributed by atoms with Crippen LogP contribution in [0.15, 0.2) is 41.1 Å². The molecule has 0 unspecified atom stereocenters. The van der Waals surface area contributed by atoms with Crippen molar-refractivity contribution in [2.75, 3.05) is 5.73 Å². The molecule has 0 saturated carbocycles. The Bertz CT molecular complexity index is 1230. The van der Waals surface area contributed by atoms with Crippen molar-refractivity contribution in [2.45, 2.75) is 26.8 Å². The molecule has 30 heavy (non-hydrogen) atoms. The first kappa shape index (κ1) is 19.8. The summed E-state index contributed by atoms with van der Waals surface area (Å²) >= 11 is 6.01. The number of nitrogens with two attached hydrogens (primary N) is 1. The largest absolute Gasteiger partial charge is 0.384 e. The third-order valence-corrected chi connectivity index (χ3v) is 4.94. The fourth-order valence-corrected chi connectivity index (χ4v) is 3.43. The average Bonchev–Trinajstić information content (AvgIpc) is 3.15. The zero-order valence-corrected chi connectivity index (χ0v) is 17.2. The highest BCUT2D eigenvalue weighted by Crippen LogP contribution is 2.19. The summed E-state index contributed by atoms with van der Waals surface area (Å²) in [5.74, 6) is 0.331. The van der Waals surface area contributed by atoms with Crippen molar-refractivity contribution in [1.82, 2.24) is 25.4 Å². The first-order chi connectivity index (χ1) is 14.4. The van der Waals surface area contributed by atoms with Crippen LogP contribution in [0.5, 0.6) is 0 Å². The number of aromatic nitrogens is 4. The molecule has 0 atom stereocenters. The van der Waals surface area contributed by atoms with Crippen LogP contribution < -0.4 is 11.1 Å². The van der Waals surface area contributed by atoms with E-state index in [1.165, 1.54) is 0 Å². The Kier molecular flexibility index (Phi) is 5.33. The molecule has 0 aliphatic carbocycles. The molecule has 0 spiro atoms. The number of halogens is 1. The van der Waals surface area contributed by atoms with E-state index in [1.807, 2.05) is 38.1 Å². The van der Waals surface area contributed by atoms with Gasteiger partial charge in [-0.15, -0.1) is 0 Å². The number of hydrogen-bond acceptors (Lipinski definition) is 7. The highest BCUT2D eigenvalue weighted by molar-refractivity contribution is 6.31. The van der Waals surface area contributed by atoms with Crippen LogP contribution in [-0.4, -0.2) is 26.0 Å². The number of carbonyl (C=O) groups is 1. The lowest BCUT2D eigenvalue weighted by atomic mass is 10.1. The van der Waals surface area contributed by atoms with Crippen LogP contribution >= 0.6 is 11.6 Å². The van der Waals surface area contributed by atoms with E-state index in [1.54, 1.807) is 12.3 Å². The molecule has 1 amide bonds. The number of carbonyl (C=O) groups excluding carboxylic acids is 1. The van der Waals surface area contributed by atoms with Crippen LogP contribution in [0.1, 0.15) is 38.9 Å². The number of hydrogen-bond donors (Lipinski definition) is 2. The molecular formula is C21H19ClN6O2. The van der Waals surface area contributed by atoms with Gasteiger partial charge in [-0.25, -0.2) is 4.98 Å². The summed E-state index contributed by atoms with van der Waals surface area (Å²) in [5, 5.41) is 8.19. The van der Waals surface area contributed by atoms with E-state index in [0.717, 1.165) is 33.3 Å². The smallest absolute Gasteiger partial charge is 0.315 e. The first-order valence-electron chi connectivity index (χ1n) is 9.26. The Hall–Kier alpha value is -3.52. The number of nitrogens with one attached hydrogen (secondary N) is 1. The van der Waals surface area contributed by atoms with Gasteiger partial charge in [0.25, 0.3) is 0 Å².